The van der Waals surface area contributed by atoms with Crippen LogP contribution in [0.15, 0.2) is 24.3 Å². The van der Waals surface area contributed by atoms with Crippen LogP contribution in [0, 0.1) is 0 Å². The van der Waals surface area contributed by atoms with Gasteiger partial charge in [-0.2, -0.15) is 11.8 Å². The smallest absolute Gasteiger partial charge is 0.119 e. The maximum atomic E-state index is 6.08. The number of methoxy groups -OCH3 is 2. The largest absolute Gasteiger partial charge is 0.497 e. The van der Waals surface area contributed by atoms with Crippen molar-refractivity contribution < 1.29 is 9.47 Å². The minimum absolute atomic E-state index is 0.115. The van der Waals surface area contributed by atoms with E-state index < -0.39 is 0 Å². The number of rotatable bonds is 8. The van der Waals surface area contributed by atoms with E-state index in [0.29, 0.717) is 5.25 Å². The molecule has 1 aromatic rings. The van der Waals surface area contributed by atoms with Gasteiger partial charge < -0.3 is 15.2 Å². The van der Waals surface area contributed by atoms with Crippen LogP contribution in [0.3, 0.4) is 0 Å². The predicted molar refractivity (Wildman–Crippen MR) is 78.3 cm³/mol. The average molecular weight is 269 g/mol. The van der Waals surface area contributed by atoms with Gasteiger partial charge in [0.2, 0.25) is 0 Å². The fourth-order valence-electron chi connectivity index (χ4n) is 1.78. The van der Waals surface area contributed by atoms with Gasteiger partial charge in [-0.15, -0.1) is 0 Å². The molecule has 0 heterocycles. The van der Waals surface area contributed by atoms with Crippen molar-refractivity contribution in [2.45, 2.75) is 24.6 Å². The molecule has 1 aromatic carbocycles. The van der Waals surface area contributed by atoms with E-state index >= 15 is 0 Å². The summed E-state index contributed by atoms with van der Waals surface area (Å²) in [7, 11) is 3.42. The maximum Gasteiger partial charge on any atom is 0.119 e. The lowest BCUT2D eigenvalue weighted by Crippen LogP contribution is -2.23. The molecule has 0 aliphatic heterocycles. The highest BCUT2D eigenvalue weighted by Gasteiger charge is 2.17. The topological polar surface area (TPSA) is 44.5 Å². The summed E-state index contributed by atoms with van der Waals surface area (Å²) in [6.45, 7) is 2.85. The molecule has 0 aliphatic rings. The van der Waals surface area contributed by atoms with Gasteiger partial charge in [-0.3, -0.25) is 0 Å². The van der Waals surface area contributed by atoms with Crippen LogP contribution < -0.4 is 10.5 Å². The summed E-state index contributed by atoms with van der Waals surface area (Å²) in [5.74, 6) is 1.94. The molecular formula is C14H23NO2S. The predicted octanol–water partition coefficient (Wildman–Crippen LogP) is 2.85. The molecule has 2 unspecified atom stereocenters. The fourth-order valence-corrected chi connectivity index (χ4v) is 2.96. The number of nitrogens with two attached hydrogens (primary N) is 1. The van der Waals surface area contributed by atoms with Crippen molar-refractivity contribution in [3.05, 3.63) is 29.8 Å². The first-order chi connectivity index (χ1) is 8.69. The summed E-state index contributed by atoms with van der Waals surface area (Å²) in [6.07, 6.45) is 1.05. The van der Waals surface area contributed by atoms with Gasteiger partial charge in [0.05, 0.1) is 7.11 Å². The Kier molecular flexibility index (Phi) is 7.16. The Labute approximate surface area is 114 Å². The quantitative estimate of drug-likeness (QED) is 0.737. The number of hydrogen-bond acceptors (Lipinski definition) is 4. The second-order valence-electron chi connectivity index (χ2n) is 4.27. The number of hydrogen-bond donors (Lipinski definition) is 1. The van der Waals surface area contributed by atoms with Gasteiger partial charge in [-0.05, 0) is 36.8 Å². The van der Waals surface area contributed by atoms with Crippen LogP contribution in [0.25, 0.3) is 0 Å². The van der Waals surface area contributed by atoms with Crippen LogP contribution in [-0.2, 0) is 4.74 Å². The van der Waals surface area contributed by atoms with Gasteiger partial charge in [-0.25, -0.2) is 0 Å². The second-order valence-corrected chi connectivity index (χ2v) is 5.52. The lowest BCUT2D eigenvalue weighted by atomic mass is 10.1. The molecule has 0 aliphatic carbocycles. The van der Waals surface area contributed by atoms with Crippen LogP contribution >= 0.6 is 11.8 Å². The van der Waals surface area contributed by atoms with E-state index in [2.05, 4.69) is 12.1 Å². The molecule has 2 atom stereocenters. The van der Waals surface area contributed by atoms with Crippen molar-refractivity contribution >= 4 is 11.8 Å². The lowest BCUT2D eigenvalue weighted by Gasteiger charge is -2.21. The molecule has 2 N–H and O–H groups in total. The maximum absolute atomic E-state index is 6.08. The van der Waals surface area contributed by atoms with Gasteiger partial charge in [0.1, 0.15) is 5.75 Å². The first-order valence-corrected chi connectivity index (χ1v) is 7.24. The zero-order valence-electron chi connectivity index (χ0n) is 11.4. The Hall–Kier alpha value is -0.710. The minimum Gasteiger partial charge on any atom is -0.497 e. The van der Waals surface area contributed by atoms with E-state index in [1.165, 1.54) is 5.56 Å². The molecule has 0 spiro atoms. The van der Waals surface area contributed by atoms with Crippen molar-refractivity contribution in [2.24, 2.45) is 5.73 Å². The molecule has 0 radical (unpaired) electrons. The third-order valence-electron chi connectivity index (χ3n) is 2.69. The Bertz CT molecular complexity index is 344. The highest BCUT2D eigenvalue weighted by molar-refractivity contribution is 7.99. The van der Waals surface area contributed by atoms with Crippen LogP contribution in [-0.4, -0.2) is 32.6 Å². The number of ether oxygens (including phenoxy) is 2. The van der Waals surface area contributed by atoms with E-state index in [9.17, 15) is 0 Å². The zero-order valence-corrected chi connectivity index (χ0v) is 12.2. The highest BCUT2D eigenvalue weighted by Crippen LogP contribution is 2.33. The van der Waals surface area contributed by atoms with Crippen molar-refractivity contribution in [1.82, 2.24) is 0 Å². The minimum atomic E-state index is 0.115. The molecule has 1 rings (SSSR count). The first kappa shape index (κ1) is 15.3. The number of benzene rings is 1. The summed E-state index contributed by atoms with van der Waals surface area (Å²) in [5.41, 5.74) is 7.31. The third-order valence-corrected chi connectivity index (χ3v) is 4.28. The van der Waals surface area contributed by atoms with E-state index in [-0.39, 0.29) is 6.04 Å². The molecule has 0 aromatic heterocycles. The highest BCUT2D eigenvalue weighted by atomic mass is 32.2. The SMILES string of the molecule is COCCCSC(c1cccc(OC)c1)C(C)N. The van der Waals surface area contributed by atoms with Gasteiger partial charge in [0.25, 0.3) is 0 Å². The molecule has 0 saturated heterocycles. The molecule has 0 amide bonds. The van der Waals surface area contributed by atoms with Crippen LogP contribution in [0.2, 0.25) is 0 Å². The third kappa shape index (κ3) is 4.88. The molecule has 0 fully saturated rings. The summed E-state index contributed by atoms with van der Waals surface area (Å²) < 4.78 is 10.3. The van der Waals surface area contributed by atoms with Crippen molar-refractivity contribution in [1.29, 1.82) is 0 Å². The normalized spacial score (nSPS) is 14.2. The van der Waals surface area contributed by atoms with E-state index in [1.807, 2.05) is 30.8 Å². The lowest BCUT2D eigenvalue weighted by molar-refractivity contribution is 0.200. The van der Waals surface area contributed by atoms with Crippen LogP contribution in [0.5, 0.6) is 5.75 Å². The molecular weight excluding hydrogens is 246 g/mol. The first-order valence-electron chi connectivity index (χ1n) is 6.19. The van der Waals surface area contributed by atoms with Crippen molar-refractivity contribution in [3.63, 3.8) is 0 Å². The molecule has 0 bridgehead atoms. The van der Waals surface area contributed by atoms with E-state index in [4.69, 9.17) is 15.2 Å². The second kappa shape index (κ2) is 8.40. The van der Waals surface area contributed by atoms with E-state index in [1.54, 1.807) is 14.2 Å². The van der Waals surface area contributed by atoms with Crippen molar-refractivity contribution in [2.75, 3.05) is 26.6 Å². The Morgan fingerprint density at radius 1 is 1.33 bits per heavy atom. The standard InChI is InChI=1S/C14H23NO2S/c1-11(15)14(18-9-5-8-16-2)12-6-4-7-13(10-12)17-3/h4,6-7,10-11,14H,5,8-9,15H2,1-3H3. The van der Waals surface area contributed by atoms with E-state index in [0.717, 1.165) is 24.5 Å². The molecule has 18 heavy (non-hydrogen) atoms. The summed E-state index contributed by atoms with van der Waals surface area (Å²) in [5, 5.41) is 0.303. The Morgan fingerprint density at radius 2 is 2.11 bits per heavy atom. The Balaban J connectivity index is 2.65. The van der Waals surface area contributed by atoms with Gasteiger partial charge in [0, 0.05) is 25.0 Å². The van der Waals surface area contributed by atoms with Crippen LogP contribution in [0.1, 0.15) is 24.2 Å². The van der Waals surface area contributed by atoms with Crippen molar-refractivity contribution in [3.8, 4) is 5.75 Å². The zero-order chi connectivity index (χ0) is 13.4. The molecule has 0 saturated carbocycles. The van der Waals surface area contributed by atoms with Gasteiger partial charge in [-0.1, -0.05) is 12.1 Å². The summed E-state index contributed by atoms with van der Waals surface area (Å²) >= 11 is 1.88. The summed E-state index contributed by atoms with van der Waals surface area (Å²) in [6, 6.07) is 8.26. The molecule has 102 valence electrons. The Morgan fingerprint density at radius 3 is 2.72 bits per heavy atom. The summed E-state index contributed by atoms with van der Waals surface area (Å²) in [4.78, 5) is 0. The fraction of sp³-hybridized carbons (Fsp3) is 0.571. The average Bonchev–Trinajstić information content (AvgIpc) is 2.38. The molecule has 3 nitrogen and oxygen atoms in total. The van der Waals surface area contributed by atoms with Crippen LogP contribution in [0.4, 0.5) is 0 Å². The number of thioether (sulfide) groups is 1. The van der Waals surface area contributed by atoms with Gasteiger partial charge in [0.15, 0.2) is 0 Å². The monoisotopic (exact) mass is 269 g/mol. The molecule has 4 heteroatoms. The van der Waals surface area contributed by atoms with Gasteiger partial charge >= 0.3 is 0 Å².